The Morgan fingerprint density at radius 3 is 2.97 bits per heavy atom. The normalized spacial score (nSPS) is 16.9. The van der Waals surface area contributed by atoms with E-state index in [1.807, 2.05) is 43.0 Å². The molecule has 3 aromatic rings. The number of benzene rings is 1. The molecule has 0 saturated carbocycles. The van der Waals surface area contributed by atoms with Gasteiger partial charge in [-0.2, -0.15) is 0 Å². The molecule has 3 heterocycles. The Hall–Kier alpha value is -2.18. The summed E-state index contributed by atoms with van der Waals surface area (Å²) in [5.74, 6) is 1.54. The first-order valence-corrected chi connectivity index (χ1v) is 11.1. The van der Waals surface area contributed by atoms with Crippen molar-refractivity contribution in [3.8, 4) is 0 Å². The molecule has 152 valence electrons. The van der Waals surface area contributed by atoms with E-state index >= 15 is 0 Å². The highest BCUT2D eigenvalue weighted by Gasteiger charge is 2.31. The zero-order chi connectivity index (χ0) is 20.4. The number of carbonyl (C=O) groups excluding carboxylic acids is 1. The number of hydrogen-bond donors (Lipinski definition) is 0. The van der Waals surface area contributed by atoms with Crippen molar-refractivity contribution >= 4 is 28.8 Å². The fourth-order valence-electron chi connectivity index (χ4n) is 3.87. The summed E-state index contributed by atoms with van der Waals surface area (Å²) >= 11 is 7.68. The van der Waals surface area contributed by atoms with Gasteiger partial charge in [0.2, 0.25) is 11.8 Å². The standard InChI is InChI=1S/C22H24ClN3O2S/c1-14-20(29-15(2)25-14)12-21(27)26-9-4-3-8-19(26)22-24-13-18(28-22)11-16-6-5-7-17(23)10-16/h5-7,10,13,19H,3-4,8-9,11-12H2,1-2H3/t19-/m1/s1. The van der Waals surface area contributed by atoms with Crippen LogP contribution in [0.5, 0.6) is 0 Å². The largest absolute Gasteiger partial charge is 0.443 e. The van der Waals surface area contributed by atoms with E-state index in [0.717, 1.165) is 52.7 Å². The van der Waals surface area contributed by atoms with Crippen LogP contribution in [0.15, 0.2) is 34.9 Å². The smallest absolute Gasteiger partial charge is 0.228 e. The second-order valence-corrected chi connectivity index (χ2v) is 9.21. The van der Waals surface area contributed by atoms with E-state index in [4.69, 9.17) is 16.0 Å². The van der Waals surface area contributed by atoms with Crippen molar-refractivity contribution in [1.29, 1.82) is 0 Å². The van der Waals surface area contributed by atoms with Gasteiger partial charge >= 0.3 is 0 Å². The number of thiazole rings is 1. The molecule has 1 saturated heterocycles. The van der Waals surface area contributed by atoms with Crippen LogP contribution < -0.4 is 0 Å². The van der Waals surface area contributed by atoms with Gasteiger partial charge in [-0.05, 0) is 50.8 Å². The van der Waals surface area contributed by atoms with Crippen LogP contribution in [-0.4, -0.2) is 27.3 Å². The van der Waals surface area contributed by atoms with E-state index in [1.54, 1.807) is 17.5 Å². The molecule has 1 aliphatic heterocycles. The van der Waals surface area contributed by atoms with Crippen molar-refractivity contribution in [2.45, 2.75) is 52.0 Å². The maximum atomic E-state index is 13.1. The molecule has 1 atom stereocenters. The van der Waals surface area contributed by atoms with E-state index in [-0.39, 0.29) is 11.9 Å². The number of likely N-dealkylation sites (tertiary alicyclic amines) is 1. The molecule has 1 fully saturated rings. The molecular formula is C22H24ClN3O2S. The predicted octanol–water partition coefficient (Wildman–Crippen LogP) is 5.29. The number of nitrogens with zero attached hydrogens (tertiary/aromatic N) is 3. The van der Waals surface area contributed by atoms with Crippen molar-refractivity contribution in [1.82, 2.24) is 14.9 Å². The van der Waals surface area contributed by atoms with E-state index < -0.39 is 0 Å². The molecule has 7 heteroatoms. The lowest BCUT2D eigenvalue weighted by molar-refractivity contribution is -0.134. The fourth-order valence-corrected chi connectivity index (χ4v) is 5.01. The summed E-state index contributed by atoms with van der Waals surface area (Å²) in [4.78, 5) is 25.0. The Bertz CT molecular complexity index is 1010. The number of aryl methyl sites for hydroxylation is 2. The predicted molar refractivity (Wildman–Crippen MR) is 114 cm³/mol. The Morgan fingerprint density at radius 1 is 1.34 bits per heavy atom. The molecule has 2 aromatic heterocycles. The number of carbonyl (C=O) groups is 1. The van der Waals surface area contributed by atoms with Gasteiger partial charge in [0.15, 0.2) is 0 Å². The van der Waals surface area contributed by atoms with Crippen molar-refractivity contribution < 1.29 is 9.21 Å². The van der Waals surface area contributed by atoms with E-state index in [9.17, 15) is 4.79 Å². The molecule has 0 radical (unpaired) electrons. The molecule has 1 amide bonds. The second kappa shape index (κ2) is 8.67. The lowest BCUT2D eigenvalue weighted by Gasteiger charge is -2.33. The first kappa shape index (κ1) is 20.1. The van der Waals surface area contributed by atoms with Crippen LogP contribution in [0, 0.1) is 13.8 Å². The van der Waals surface area contributed by atoms with E-state index in [0.29, 0.717) is 23.8 Å². The minimum Gasteiger partial charge on any atom is -0.443 e. The van der Waals surface area contributed by atoms with Gasteiger partial charge in [0, 0.05) is 22.9 Å². The second-order valence-electron chi connectivity index (χ2n) is 7.49. The van der Waals surface area contributed by atoms with Crippen molar-refractivity contribution in [3.63, 3.8) is 0 Å². The maximum Gasteiger partial charge on any atom is 0.228 e. The summed E-state index contributed by atoms with van der Waals surface area (Å²) in [6.45, 7) is 4.69. The molecule has 0 spiro atoms. The minimum atomic E-state index is -0.0984. The van der Waals surface area contributed by atoms with Crippen molar-refractivity contribution in [3.05, 3.63) is 68.3 Å². The average Bonchev–Trinajstić information content (AvgIpc) is 3.27. The summed E-state index contributed by atoms with van der Waals surface area (Å²) in [5.41, 5.74) is 2.03. The van der Waals surface area contributed by atoms with Crippen LogP contribution in [0.25, 0.3) is 0 Å². The fraction of sp³-hybridized carbons (Fsp3) is 0.409. The third-order valence-corrected chi connectivity index (χ3v) is 6.57. The Labute approximate surface area is 179 Å². The van der Waals surface area contributed by atoms with Crippen molar-refractivity contribution in [2.24, 2.45) is 0 Å². The van der Waals surface area contributed by atoms with E-state index in [2.05, 4.69) is 9.97 Å². The number of rotatable bonds is 5. The van der Waals surface area contributed by atoms with Crippen LogP contribution in [0.4, 0.5) is 0 Å². The molecule has 1 aromatic carbocycles. The molecule has 5 nitrogen and oxygen atoms in total. The summed E-state index contributed by atoms with van der Waals surface area (Å²) in [5, 5.41) is 1.71. The summed E-state index contributed by atoms with van der Waals surface area (Å²) in [6.07, 6.45) is 5.75. The number of hydrogen-bond acceptors (Lipinski definition) is 5. The van der Waals surface area contributed by atoms with Crippen LogP contribution in [0.1, 0.15) is 58.1 Å². The number of aromatic nitrogens is 2. The zero-order valence-corrected chi connectivity index (χ0v) is 18.2. The van der Waals surface area contributed by atoms with Gasteiger partial charge in [-0.3, -0.25) is 4.79 Å². The number of amides is 1. The highest BCUT2D eigenvalue weighted by molar-refractivity contribution is 7.11. The Morgan fingerprint density at radius 2 is 2.21 bits per heavy atom. The first-order valence-electron chi connectivity index (χ1n) is 9.91. The summed E-state index contributed by atoms with van der Waals surface area (Å²) in [6, 6.07) is 7.64. The molecule has 0 N–H and O–H groups in total. The van der Waals surface area contributed by atoms with Gasteiger partial charge in [0.1, 0.15) is 11.8 Å². The molecule has 0 aliphatic carbocycles. The number of oxazole rings is 1. The molecule has 0 bridgehead atoms. The highest BCUT2D eigenvalue weighted by atomic mass is 35.5. The molecule has 1 aliphatic rings. The number of piperidine rings is 1. The maximum absolute atomic E-state index is 13.1. The Balaban J connectivity index is 1.49. The summed E-state index contributed by atoms with van der Waals surface area (Å²) < 4.78 is 6.07. The molecular weight excluding hydrogens is 406 g/mol. The third kappa shape index (κ3) is 4.70. The topological polar surface area (TPSA) is 59.2 Å². The summed E-state index contributed by atoms with van der Waals surface area (Å²) in [7, 11) is 0. The van der Waals surface area contributed by atoms with Crippen molar-refractivity contribution in [2.75, 3.05) is 6.54 Å². The Kier molecular flexibility index (Phi) is 6.01. The van der Waals surface area contributed by atoms with Gasteiger partial charge in [-0.15, -0.1) is 11.3 Å². The van der Waals surface area contributed by atoms with Crippen LogP contribution >= 0.6 is 22.9 Å². The lowest BCUT2D eigenvalue weighted by Crippen LogP contribution is -2.39. The monoisotopic (exact) mass is 429 g/mol. The van der Waals surface area contributed by atoms with Gasteiger partial charge < -0.3 is 9.32 Å². The SMILES string of the molecule is Cc1nc(C)c(CC(=O)N2CCCC[C@@H]2c2ncc(Cc3cccc(Cl)c3)o2)s1. The lowest BCUT2D eigenvalue weighted by atomic mass is 10.0. The van der Waals surface area contributed by atoms with Gasteiger partial charge in [-0.25, -0.2) is 9.97 Å². The highest BCUT2D eigenvalue weighted by Crippen LogP contribution is 2.32. The van der Waals surface area contributed by atoms with Gasteiger partial charge in [0.25, 0.3) is 0 Å². The minimum absolute atomic E-state index is 0.0984. The quantitative estimate of drug-likeness (QED) is 0.553. The van der Waals surface area contributed by atoms with Crippen LogP contribution in [-0.2, 0) is 17.6 Å². The molecule has 29 heavy (non-hydrogen) atoms. The average molecular weight is 430 g/mol. The first-order chi connectivity index (χ1) is 14.0. The van der Waals surface area contributed by atoms with Crippen LogP contribution in [0.2, 0.25) is 5.02 Å². The number of halogens is 1. The molecule has 0 unspecified atom stereocenters. The van der Waals surface area contributed by atoms with Gasteiger partial charge in [0.05, 0.1) is 23.3 Å². The molecule has 4 rings (SSSR count). The van der Waals surface area contributed by atoms with Crippen LogP contribution in [0.3, 0.4) is 0 Å². The van der Waals surface area contributed by atoms with E-state index in [1.165, 1.54) is 0 Å². The van der Waals surface area contributed by atoms with Gasteiger partial charge in [-0.1, -0.05) is 23.7 Å². The zero-order valence-electron chi connectivity index (χ0n) is 16.7. The third-order valence-electron chi connectivity index (χ3n) is 5.26.